The molecule has 29 heavy (non-hydrogen) atoms. The summed E-state index contributed by atoms with van der Waals surface area (Å²) in [7, 11) is 0. The SMILES string of the molecule is CC(C)CCC(=O)NCC(=O)N1CCCC(c2nc(-c3cccc(F)c3)no2)C1. The topological polar surface area (TPSA) is 88.3 Å². The minimum absolute atomic E-state index is 0.00201. The predicted molar refractivity (Wildman–Crippen MR) is 105 cm³/mol. The molecule has 1 unspecified atom stereocenters. The zero-order valence-corrected chi connectivity index (χ0v) is 16.9. The van der Waals surface area contributed by atoms with Crippen molar-refractivity contribution in [2.24, 2.45) is 5.92 Å². The Hall–Kier alpha value is -2.77. The van der Waals surface area contributed by atoms with Crippen molar-refractivity contribution >= 4 is 11.8 Å². The first-order valence-electron chi connectivity index (χ1n) is 10.1. The first-order valence-corrected chi connectivity index (χ1v) is 10.1. The Labute approximate surface area is 169 Å². The fourth-order valence-electron chi connectivity index (χ4n) is 3.35. The minimum atomic E-state index is -0.362. The van der Waals surface area contributed by atoms with Gasteiger partial charge < -0.3 is 14.7 Å². The van der Waals surface area contributed by atoms with Gasteiger partial charge in [0.1, 0.15) is 5.82 Å². The maximum atomic E-state index is 13.4. The molecule has 1 aromatic carbocycles. The van der Waals surface area contributed by atoms with E-state index in [1.54, 1.807) is 17.0 Å². The zero-order valence-electron chi connectivity index (χ0n) is 16.9. The van der Waals surface area contributed by atoms with Gasteiger partial charge in [-0.05, 0) is 37.3 Å². The van der Waals surface area contributed by atoms with Crippen LogP contribution in [0.15, 0.2) is 28.8 Å². The van der Waals surface area contributed by atoms with E-state index in [0.29, 0.717) is 42.7 Å². The number of benzene rings is 1. The summed E-state index contributed by atoms with van der Waals surface area (Å²) in [6.07, 6.45) is 2.87. The summed E-state index contributed by atoms with van der Waals surface area (Å²) >= 11 is 0. The number of amides is 2. The first kappa shape index (κ1) is 21.0. The van der Waals surface area contributed by atoms with E-state index in [2.05, 4.69) is 29.3 Å². The van der Waals surface area contributed by atoms with Gasteiger partial charge in [0.2, 0.25) is 23.5 Å². The van der Waals surface area contributed by atoms with Crippen LogP contribution in [0.5, 0.6) is 0 Å². The number of carbonyl (C=O) groups excluding carboxylic acids is 2. The third-order valence-electron chi connectivity index (χ3n) is 5.03. The second-order valence-electron chi connectivity index (χ2n) is 7.85. The third kappa shape index (κ3) is 5.85. The molecule has 2 amide bonds. The van der Waals surface area contributed by atoms with Gasteiger partial charge in [-0.25, -0.2) is 4.39 Å². The third-order valence-corrected chi connectivity index (χ3v) is 5.03. The molecule has 2 heterocycles. The van der Waals surface area contributed by atoms with Crippen LogP contribution >= 0.6 is 0 Å². The maximum Gasteiger partial charge on any atom is 0.241 e. The van der Waals surface area contributed by atoms with Crippen molar-refractivity contribution in [2.45, 2.75) is 45.4 Å². The monoisotopic (exact) mass is 402 g/mol. The van der Waals surface area contributed by atoms with Crippen molar-refractivity contribution in [1.29, 1.82) is 0 Å². The summed E-state index contributed by atoms with van der Waals surface area (Å²) < 4.78 is 18.8. The largest absolute Gasteiger partial charge is 0.347 e. The van der Waals surface area contributed by atoms with Crippen LogP contribution in [0.3, 0.4) is 0 Å². The summed E-state index contributed by atoms with van der Waals surface area (Å²) in [4.78, 5) is 30.5. The predicted octanol–water partition coefficient (Wildman–Crippen LogP) is 3.13. The van der Waals surface area contributed by atoms with E-state index in [-0.39, 0.29) is 30.1 Å². The van der Waals surface area contributed by atoms with Crippen LogP contribution in [0.4, 0.5) is 4.39 Å². The van der Waals surface area contributed by atoms with Gasteiger partial charge in [-0.3, -0.25) is 9.59 Å². The van der Waals surface area contributed by atoms with Gasteiger partial charge in [0, 0.05) is 25.1 Å². The lowest BCUT2D eigenvalue weighted by atomic mass is 9.98. The van der Waals surface area contributed by atoms with Crippen LogP contribution in [0.25, 0.3) is 11.4 Å². The second kappa shape index (κ2) is 9.62. The Kier molecular flexibility index (Phi) is 6.95. The van der Waals surface area contributed by atoms with Crippen molar-refractivity contribution in [2.75, 3.05) is 19.6 Å². The maximum absolute atomic E-state index is 13.4. The molecule has 7 nitrogen and oxygen atoms in total. The van der Waals surface area contributed by atoms with E-state index in [0.717, 1.165) is 19.3 Å². The Morgan fingerprint density at radius 1 is 1.38 bits per heavy atom. The highest BCUT2D eigenvalue weighted by atomic mass is 19.1. The minimum Gasteiger partial charge on any atom is -0.347 e. The average molecular weight is 402 g/mol. The number of likely N-dealkylation sites (tertiary alicyclic amines) is 1. The van der Waals surface area contributed by atoms with Gasteiger partial charge in [-0.2, -0.15) is 4.98 Å². The Morgan fingerprint density at radius 3 is 2.97 bits per heavy atom. The Morgan fingerprint density at radius 2 is 2.21 bits per heavy atom. The molecule has 0 bridgehead atoms. The van der Waals surface area contributed by atoms with Crippen molar-refractivity contribution < 1.29 is 18.5 Å². The molecule has 1 aromatic heterocycles. The molecule has 1 saturated heterocycles. The van der Waals surface area contributed by atoms with Crippen molar-refractivity contribution in [3.05, 3.63) is 36.0 Å². The van der Waals surface area contributed by atoms with Crippen LogP contribution in [-0.2, 0) is 9.59 Å². The van der Waals surface area contributed by atoms with E-state index in [9.17, 15) is 14.0 Å². The van der Waals surface area contributed by atoms with Gasteiger partial charge in [-0.15, -0.1) is 0 Å². The molecule has 156 valence electrons. The molecular formula is C21H27FN4O3. The number of aromatic nitrogens is 2. The molecule has 0 spiro atoms. The van der Waals surface area contributed by atoms with E-state index >= 15 is 0 Å². The molecular weight excluding hydrogens is 375 g/mol. The van der Waals surface area contributed by atoms with Crippen molar-refractivity contribution in [3.63, 3.8) is 0 Å². The van der Waals surface area contributed by atoms with Crippen LogP contribution in [0.2, 0.25) is 0 Å². The summed E-state index contributed by atoms with van der Waals surface area (Å²) in [6.45, 7) is 5.22. The van der Waals surface area contributed by atoms with Crippen LogP contribution in [-0.4, -0.2) is 46.5 Å². The summed E-state index contributed by atoms with van der Waals surface area (Å²) in [5, 5.41) is 6.66. The summed E-state index contributed by atoms with van der Waals surface area (Å²) in [5.74, 6) is 0.585. The van der Waals surface area contributed by atoms with E-state index in [4.69, 9.17) is 4.52 Å². The molecule has 0 aliphatic carbocycles. The highest BCUT2D eigenvalue weighted by Crippen LogP contribution is 2.27. The number of nitrogens with one attached hydrogen (secondary N) is 1. The van der Waals surface area contributed by atoms with Crippen LogP contribution < -0.4 is 5.32 Å². The van der Waals surface area contributed by atoms with Gasteiger partial charge in [-0.1, -0.05) is 31.1 Å². The standard InChI is InChI=1S/C21H27FN4O3/c1-14(2)8-9-18(27)23-12-19(28)26-10-4-6-16(13-26)21-24-20(25-29-21)15-5-3-7-17(22)11-15/h3,5,7,11,14,16H,4,6,8-10,12-13H2,1-2H3,(H,23,27). The number of carbonyl (C=O) groups is 2. The van der Waals surface area contributed by atoms with Crippen molar-refractivity contribution in [1.82, 2.24) is 20.4 Å². The molecule has 1 N–H and O–H groups in total. The highest BCUT2D eigenvalue weighted by Gasteiger charge is 2.28. The first-order chi connectivity index (χ1) is 13.9. The molecule has 8 heteroatoms. The molecule has 0 radical (unpaired) electrons. The number of nitrogens with zero attached hydrogens (tertiary/aromatic N) is 3. The van der Waals surface area contributed by atoms with E-state index < -0.39 is 0 Å². The molecule has 1 aliphatic heterocycles. The average Bonchev–Trinajstić information content (AvgIpc) is 3.21. The summed E-state index contributed by atoms with van der Waals surface area (Å²) in [5.41, 5.74) is 0.549. The number of halogens is 1. The van der Waals surface area contributed by atoms with E-state index in [1.807, 2.05) is 0 Å². The normalized spacial score (nSPS) is 16.8. The Balaban J connectivity index is 1.55. The van der Waals surface area contributed by atoms with Gasteiger partial charge in [0.25, 0.3) is 0 Å². The van der Waals surface area contributed by atoms with Crippen LogP contribution in [0, 0.1) is 11.7 Å². The van der Waals surface area contributed by atoms with Crippen LogP contribution in [0.1, 0.15) is 51.3 Å². The number of hydrogen-bond donors (Lipinski definition) is 1. The fraction of sp³-hybridized carbons (Fsp3) is 0.524. The molecule has 1 aliphatic rings. The lowest BCUT2D eigenvalue weighted by Crippen LogP contribution is -2.44. The molecule has 0 saturated carbocycles. The number of piperidine rings is 1. The van der Waals surface area contributed by atoms with Crippen molar-refractivity contribution in [3.8, 4) is 11.4 Å². The van der Waals surface area contributed by atoms with Gasteiger partial charge in [0.15, 0.2) is 0 Å². The summed E-state index contributed by atoms with van der Waals surface area (Å²) in [6, 6.07) is 6.03. The number of rotatable bonds is 7. The Bertz CT molecular complexity index is 852. The fourth-order valence-corrected chi connectivity index (χ4v) is 3.35. The molecule has 2 aromatic rings. The van der Waals surface area contributed by atoms with Gasteiger partial charge >= 0.3 is 0 Å². The quantitative estimate of drug-likeness (QED) is 0.769. The highest BCUT2D eigenvalue weighted by molar-refractivity contribution is 5.84. The second-order valence-corrected chi connectivity index (χ2v) is 7.85. The smallest absolute Gasteiger partial charge is 0.241 e. The molecule has 1 fully saturated rings. The molecule has 3 rings (SSSR count). The van der Waals surface area contributed by atoms with Gasteiger partial charge in [0.05, 0.1) is 12.5 Å². The lowest BCUT2D eigenvalue weighted by molar-refractivity contribution is -0.134. The molecule has 1 atom stereocenters. The van der Waals surface area contributed by atoms with E-state index in [1.165, 1.54) is 12.1 Å². The number of hydrogen-bond acceptors (Lipinski definition) is 5. The lowest BCUT2D eigenvalue weighted by Gasteiger charge is -2.31. The zero-order chi connectivity index (χ0) is 20.8.